The molecule has 1 atom stereocenters. The number of urea groups is 1. The lowest BCUT2D eigenvalue weighted by molar-refractivity contribution is -0.133. The van der Waals surface area contributed by atoms with Gasteiger partial charge in [0.15, 0.2) is 5.54 Å². The van der Waals surface area contributed by atoms with E-state index in [9.17, 15) is 9.59 Å². The van der Waals surface area contributed by atoms with Gasteiger partial charge in [0.25, 0.3) is 5.91 Å². The first-order chi connectivity index (χ1) is 15.0. The van der Waals surface area contributed by atoms with Crippen LogP contribution in [-0.4, -0.2) is 35.5 Å². The van der Waals surface area contributed by atoms with Gasteiger partial charge in [-0.05, 0) is 36.2 Å². The summed E-state index contributed by atoms with van der Waals surface area (Å²) in [5, 5.41) is 3.02. The number of carbonyl (C=O) groups is 2. The quantitative estimate of drug-likeness (QED) is 0.594. The van der Waals surface area contributed by atoms with E-state index in [2.05, 4.69) is 24.4 Å². The molecule has 0 aliphatic carbocycles. The fraction of sp³-hybridized carbons (Fsp3) is 0.231. The molecule has 1 aliphatic heterocycles. The van der Waals surface area contributed by atoms with Crippen LogP contribution in [0.25, 0.3) is 0 Å². The van der Waals surface area contributed by atoms with Crippen LogP contribution in [0.15, 0.2) is 84.9 Å². The predicted molar refractivity (Wildman–Crippen MR) is 121 cm³/mol. The summed E-state index contributed by atoms with van der Waals surface area (Å²) >= 11 is 0. The number of carbonyl (C=O) groups excluding carboxylic acids is 2. The Morgan fingerprint density at radius 1 is 0.871 bits per heavy atom. The van der Waals surface area contributed by atoms with E-state index >= 15 is 0 Å². The van der Waals surface area contributed by atoms with Gasteiger partial charge in [-0.15, -0.1) is 0 Å². The van der Waals surface area contributed by atoms with Crippen molar-refractivity contribution in [2.24, 2.45) is 0 Å². The topological polar surface area (TPSA) is 52.6 Å². The van der Waals surface area contributed by atoms with Crippen molar-refractivity contribution in [1.82, 2.24) is 15.1 Å². The predicted octanol–water partition coefficient (Wildman–Crippen LogP) is 4.07. The van der Waals surface area contributed by atoms with E-state index in [0.717, 1.165) is 11.1 Å². The molecule has 0 aromatic heterocycles. The van der Waals surface area contributed by atoms with Gasteiger partial charge in [-0.2, -0.15) is 0 Å². The van der Waals surface area contributed by atoms with Gasteiger partial charge in [-0.1, -0.05) is 84.9 Å². The summed E-state index contributed by atoms with van der Waals surface area (Å²) in [4.78, 5) is 30.0. The monoisotopic (exact) mass is 413 g/mol. The molecule has 3 amide bonds. The number of nitrogens with one attached hydrogen (secondary N) is 1. The molecule has 158 valence electrons. The number of nitrogens with zero attached hydrogens (tertiary/aromatic N) is 2. The molecule has 5 nitrogen and oxygen atoms in total. The summed E-state index contributed by atoms with van der Waals surface area (Å²) in [5.41, 5.74) is 3.05. The van der Waals surface area contributed by atoms with Gasteiger partial charge < -0.3 is 5.32 Å². The Labute approximate surface area is 183 Å². The first-order valence-corrected chi connectivity index (χ1v) is 10.5. The van der Waals surface area contributed by atoms with Gasteiger partial charge in [0.2, 0.25) is 0 Å². The van der Waals surface area contributed by atoms with Crippen molar-refractivity contribution in [3.05, 3.63) is 107 Å². The standard InChI is InChI=1S/C26H27N3O2/c1-20-11-9-10-14-22(20)18-28(2)19-29-24(30)26(27-25(29)31,23-15-7-4-8-16-23)17-21-12-5-3-6-13-21/h3-16H,17-19H2,1-2H3,(H,27,31)/t26-/m0/s1. The first kappa shape index (κ1) is 20.8. The van der Waals surface area contributed by atoms with Crippen molar-refractivity contribution in [1.29, 1.82) is 0 Å². The van der Waals surface area contributed by atoms with Gasteiger partial charge >= 0.3 is 6.03 Å². The lowest BCUT2D eigenvalue weighted by Crippen LogP contribution is -2.46. The van der Waals surface area contributed by atoms with Crippen LogP contribution >= 0.6 is 0 Å². The van der Waals surface area contributed by atoms with Gasteiger partial charge in [-0.25, -0.2) is 9.69 Å². The lowest BCUT2D eigenvalue weighted by Gasteiger charge is -2.28. The van der Waals surface area contributed by atoms with Crippen molar-refractivity contribution in [2.75, 3.05) is 13.7 Å². The molecular weight excluding hydrogens is 386 g/mol. The minimum absolute atomic E-state index is 0.218. The highest BCUT2D eigenvalue weighted by atomic mass is 16.2. The highest BCUT2D eigenvalue weighted by Crippen LogP contribution is 2.33. The largest absolute Gasteiger partial charge is 0.326 e. The Balaban J connectivity index is 1.60. The molecule has 1 N–H and O–H groups in total. The molecule has 0 unspecified atom stereocenters. The van der Waals surface area contributed by atoms with E-state index in [1.807, 2.05) is 84.7 Å². The van der Waals surface area contributed by atoms with Crippen molar-refractivity contribution in [3.8, 4) is 0 Å². The number of hydrogen-bond donors (Lipinski definition) is 1. The minimum atomic E-state index is -1.11. The second-order valence-corrected chi connectivity index (χ2v) is 8.18. The second-order valence-electron chi connectivity index (χ2n) is 8.18. The lowest BCUT2D eigenvalue weighted by atomic mass is 9.83. The molecule has 0 spiro atoms. The maximum Gasteiger partial charge on any atom is 0.326 e. The summed E-state index contributed by atoms with van der Waals surface area (Å²) in [6.07, 6.45) is 0.403. The normalized spacial score (nSPS) is 18.5. The Hall–Kier alpha value is -3.44. The molecule has 5 heteroatoms. The molecular formula is C26H27N3O2. The highest BCUT2D eigenvalue weighted by molar-refractivity contribution is 6.07. The van der Waals surface area contributed by atoms with Crippen molar-refractivity contribution in [3.63, 3.8) is 0 Å². The Morgan fingerprint density at radius 3 is 2.16 bits per heavy atom. The number of hydrogen-bond acceptors (Lipinski definition) is 3. The van der Waals surface area contributed by atoms with E-state index in [0.29, 0.717) is 13.0 Å². The highest BCUT2D eigenvalue weighted by Gasteiger charge is 2.52. The van der Waals surface area contributed by atoms with Crippen LogP contribution < -0.4 is 5.32 Å². The van der Waals surface area contributed by atoms with Gasteiger partial charge in [0, 0.05) is 13.0 Å². The fourth-order valence-corrected chi connectivity index (χ4v) is 4.17. The van der Waals surface area contributed by atoms with Crippen LogP contribution in [0.3, 0.4) is 0 Å². The molecule has 1 heterocycles. The molecule has 0 radical (unpaired) electrons. The number of benzene rings is 3. The van der Waals surface area contributed by atoms with E-state index < -0.39 is 5.54 Å². The average molecular weight is 414 g/mol. The van der Waals surface area contributed by atoms with Crippen LogP contribution in [0, 0.1) is 6.92 Å². The molecule has 1 fully saturated rings. The minimum Gasteiger partial charge on any atom is -0.319 e. The van der Waals surface area contributed by atoms with Crippen molar-refractivity contribution in [2.45, 2.75) is 25.4 Å². The maximum absolute atomic E-state index is 13.7. The van der Waals surface area contributed by atoms with Crippen molar-refractivity contribution < 1.29 is 9.59 Å². The van der Waals surface area contributed by atoms with E-state index in [1.165, 1.54) is 16.0 Å². The molecule has 0 bridgehead atoms. The van der Waals surface area contributed by atoms with E-state index in [4.69, 9.17) is 0 Å². The van der Waals surface area contributed by atoms with Crippen LogP contribution in [0.5, 0.6) is 0 Å². The SMILES string of the molecule is Cc1ccccc1CN(C)CN1C(=O)N[C@@](Cc2ccccc2)(c2ccccc2)C1=O. The molecule has 3 aromatic rings. The third-order valence-electron chi connectivity index (χ3n) is 5.84. The zero-order valence-electron chi connectivity index (χ0n) is 17.9. The van der Waals surface area contributed by atoms with Gasteiger partial charge in [0.05, 0.1) is 6.67 Å². The van der Waals surface area contributed by atoms with Gasteiger partial charge in [-0.3, -0.25) is 9.69 Å². The van der Waals surface area contributed by atoms with Gasteiger partial charge in [0.1, 0.15) is 0 Å². The van der Waals surface area contributed by atoms with E-state index in [-0.39, 0.29) is 18.6 Å². The summed E-state index contributed by atoms with van der Waals surface area (Å²) in [6, 6.07) is 27.1. The van der Waals surface area contributed by atoms with Crippen molar-refractivity contribution >= 4 is 11.9 Å². The van der Waals surface area contributed by atoms with Crippen LogP contribution in [0.4, 0.5) is 4.79 Å². The molecule has 4 rings (SSSR count). The number of aryl methyl sites for hydroxylation is 1. The maximum atomic E-state index is 13.7. The van der Waals surface area contributed by atoms with E-state index in [1.54, 1.807) is 0 Å². The Kier molecular flexibility index (Phi) is 5.87. The summed E-state index contributed by atoms with van der Waals surface area (Å²) in [7, 11) is 1.92. The summed E-state index contributed by atoms with van der Waals surface area (Å²) in [6.45, 7) is 2.94. The van der Waals surface area contributed by atoms with Crippen LogP contribution in [-0.2, 0) is 23.3 Å². The molecule has 1 saturated heterocycles. The number of rotatable bonds is 7. The third-order valence-corrected chi connectivity index (χ3v) is 5.84. The molecule has 1 aliphatic rings. The number of amides is 3. The third kappa shape index (κ3) is 4.23. The average Bonchev–Trinajstić information content (AvgIpc) is 3.01. The molecule has 3 aromatic carbocycles. The van der Waals surface area contributed by atoms with Crippen LogP contribution in [0.2, 0.25) is 0 Å². The smallest absolute Gasteiger partial charge is 0.319 e. The first-order valence-electron chi connectivity index (χ1n) is 10.5. The summed E-state index contributed by atoms with van der Waals surface area (Å²) < 4.78 is 0. The number of imide groups is 1. The summed E-state index contributed by atoms with van der Waals surface area (Å²) in [5.74, 6) is -0.218. The molecule has 31 heavy (non-hydrogen) atoms. The molecule has 0 saturated carbocycles. The fourth-order valence-electron chi connectivity index (χ4n) is 4.17. The van der Waals surface area contributed by atoms with Crippen LogP contribution in [0.1, 0.15) is 22.3 Å². The Morgan fingerprint density at radius 2 is 1.48 bits per heavy atom. The Bertz CT molecular complexity index is 1070. The zero-order chi connectivity index (χ0) is 21.8. The zero-order valence-corrected chi connectivity index (χ0v) is 17.9. The second kappa shape index (κ2) is 8.74.